The van der Waals surface area contributed by atoms with E-state index in [1.165, 1.54) is 0 Å². The summed E-state index contributed by atoms with van der Waals surface area (Å²) < 4.78 is 0. The monoisotopic (exact) mass is 220 g/mol. The second-order valence-corrected chi connectivity index (χ2v) is 4.67. The van der Waals surface area contributed by atoms with Crippen LogP contribution < -0.4 is 0 Å². The fourth-order valence-corrected chi connectivity index (χ4v) is 2.46. The van der Waals surface area contributed by atoms with Gasteiger partial charge in [0.05, 0.1) is 6.54 Å². The third kappa shape index (κ3) is 2.18. The van der Waals surface area contributed by atoms with Gasteiger partial charge in [-0.15, -0.1) is 23.7 Å². The fourth-order valence-electron chi connectivity index (χ4n) is 1.68. The molecule has 4 heteroatoms. The van der Waals surface area contributed by atoms with Gasteiger partial charge in [0.25, 0.3) is 0 Å². The molecule has 1 unspecified atom stereocenters. The molecule has 1 amide bonds. The van der Waals surface area contributed by atoms with Crippen LogP contribution in [0.4, 0.5) is 0 Å². The van der Waals surface area contributed by atoms with Gasteiger partial charge >= 0.3 is 0 Å². The topological polar surface area (TPSA) is 33.2 Å². The van der Waals surface area contributed by atoms with Gasteiger partial charge in [0, 0.05) is 30.0 Å². The maximum atomic E-state index is 11.6. The summed E-state index contributed by atoms with van der Waals surface area (Å²) in [5, 5.41) is 2.98. The Balaban J connectivity index is 2.02. The van der Waals surface area contributed by atoms with E-state index in [0.29, 0.717) is 19.5 Å². The molecule has 1 aromatic rings. The number of rotatable bonds is 2. The number of thiazole rings is 1. The van der Waals surface area contributed by atoms with Crippen molar-refractivity contribution < 1.29 is 4.79 Å². The maximum Gasteiger partial charge on any atom is 0.224 e. The van der Waals surface area contributed by atoms with Crippen LogP contribution in [0.25, 0.3) is 0 Å². The highest BCUT2D eigenvalue weighted by Crippen LogP contribution is 2.20. The molecule has 0 radical (unpaired) electrons. The largest absolute Gasteiger partial charge is 0.335 e. The number of nitrogens with zero attached hydrogens (tertiary/aromatic N) is 2. The Morgan fingerprint density at radius 1 is 1.80 bits per heavy atom. The van der Waals surface area contributed by atoms with Crippen molar-refractivity contribution in [3.63, 3.8) is 0 Å². The first-order valence-electron chi connectivity index (χ1n) is 4.84. The molecule has 2 rings (SSSR count). The minimum absolute atomic E-state index is 0.0820. The van der Waals surface area contributed by atoms with Crippen LogP contribution in [0.5, 0.6) is 0 Å². The van der Waals surface area contributed by atoms with Crippen molar-refractivity contribution in [2.75, 3.05) is 6.54 Å². The van der Waals surface area contributed by atoms with E-state index in [9.17, 15) is 4.79 Å². The normalized spacial score (nSPS) is 20.7. The van der Waals surface area contributed by atoms with Crippen molar-refractivity contribution in [2.24, 2.45) is 5.92 Å². The maximum absolute atomic E-state index is 11.6. The number of likely N-dealkylation sites (tertiary alicyclic amines) is 1. The lowest BCUT2D eigenvalue weighted by molar-refractivity contribution is -0.128. The molecule has 1 fully saturated rings. The summed E-state index contributed by atoms with van der Waals surface area (Å²) in [6.07, 6.45) is 5.80. The van der Waals surface area contributed by atoms with E-state index in [0.717, 1.165) is 10.7 Å². The number of carbonyl (C=O) groups excluding carboxylic acids is 1. The van der Waals surface area contributed by atoms with Gasteiger partial charge in [-0.2, -0.15) is 0 Å². The molecular formula is C11H12N2OS. The number of terminal acetylenes is 1. The number of hydrogen-bond donors (Lipinski definition) is 0. The highest BCUT2D eigenvalue weighted by molar-refractivity contribution is 7.09. The minimum atomic E-state index is 0.0820. The summed E-state index contributed by atoms with van der Waals surface area (Å²) in [7, 11) is 0. The van der Waals surface area contributed by atoms with Gasteiger partial charge in [-0.3, -0.25) is 4.79 Å². The van der Waals surface area contributed by atoms with Crippen molar-refractivity contribution in [3.05, 3.63) is 16.1 Å². The summed E-state index contributed by atoms with van der Waals surface area (Å²) in [6.45, 7) is 3.24. The molecule has 1 aliphatic heterocycles. The Bertz CT molecular complexity index is 418. The highest BCUT2D eigenvalue weighted by atomic mass is 32.1. The third-order valence-electron chi connectivity index (χ3n) is 2.44. The molecule has 78 valence electrons. The van der Waals surface area contributed by atoms with Gasteiger partial charge in [0.1, 0.15) is 5.01 Å². The van der Waals surface area contributed by atoms with Crippen molar-refractivity contribution in [2.45, 2.75) is 19.9 Å². The molecule has 15 heavy (non-hydrogen) atoms. The van der Waals surface area contributed by atoms with Crippen LogP contribution in [-0.4, -0.2) is 22.3 Å². The van der Waals surface area contributed by atoms with Crippen LogP contribution in [0.3, 0.4) is 0 Å². The average molecular weight is 220 g/mol. The van der Waals surface area contributed by atoms with Crippen LogP contribution in [0.1, 0.15) is 17.1 Å². The quantitative estimate of drug-likeness (QED) is 0.706. The van der Waals surface area contributed by atoms with E-state index in [4.69, 9.17) is 6.42 Å². The van der Waals surface area contributed by atoms with Crippen LogP contribution >= 0.6 is 11.3 Å². The Labute approximate surface area is 93.1 Å². The summed E-state index contributed by atoms with van der Waals surface area (Å²) in [5.74, 6) is 2.86. The molecule has 0 N–H and O–H groups in total. The second kappa shape index (κ2) is 4.03. The molecular weight excluding hydrogens is 208 g/mol. The molecule has 3 nitrogen and oxygen atoms in total. The summed E-state index contributed by atoms with van der Waals surface area (Å²) in [4.78, 5) is 17.7. The summed E-state index contributed by atoms with van der Waals surface area (Å²) in [5.41, 5.74) is 1.01. The standard InChI is InChI=1S/C11H12N2OS/c1-3-9-4-11(14)13(5-9)6-10-12-8(2)7-15-10/h1,7,9H,4-6H2,2H3. The minimum Gasteiger partial charge on any atom is -0.335 e. The molecule has 0 bridgehead atoms. The van der Waals surface area contributed by atoms with Crippen LogP contribution in [-0.2, 0) is 11.3 Å². The number of carbonyl (C=O) groups is 1. The first-order chi connectivity index (χ1) is 7.19. The molecule has 1 atom stereocenters. The zero-order valence-electron chi connectivity index (χ0n) is 8.56. The zero-order chi connectivity index (χ0) is 10.8. The van der Waals surface area contributed by atoms with E-state index >= 15 is 0 Å². The molecule has 1 aliphatic rings. The molecule has 1 saturated heterocycles. The fraction of sp³-hybridized carbons (Fsp3) is 0.455. The van der Waals surface area contributed by atoms with E-state index < -0.39 is 0 Å². The van der Waals surface area contributed by atoms with Gasteiger partial charge < -0.3 is 4.90 Å². The Morgan fingerprint density at radius 3 is 3.13 bits per heavy atom. The van der Waals surface area contributed by atoms with Gasteiger partial charge in [-0.1, -0.05) is 0 Å². The molecule has 0 aromatic carbocycles. The summed E-state index contributed by atoms with van der Waals surface area (Å²) in [6, 6.07) is 0. The molecule has 0 aliphatic carbocycles. The van der Waals surface area contributed by atoms with Crippen molar-refractivity contribution in [1.29, 1.82) is 0 Å². The van der Waals surface area contributed by atoms with E-state index in [-0.39, 0.29) is 11.8 Å². The van der Waals surface area contributed by atoms with Crippen LogP contribution in [0, 0.1) is 25.2 Å². The number of aromatic nitrogens is 1. The van der Waals surface area contributed by atoms with Crippen LogP contribution in [0.15, 0.2) is 5.38 Å². The summed E-state index contributed by atoms with van der Waals surface area (Å²) >= 11 is 1.59. The smallest absolute Gasteiger partial charge is 0.224 e. The lowest BCUT2D eigenvalue weighted by atomic mass is 10.1. The zero-order valence-corrected chi connectivity index (χ0v) is 9.38. The Morgan fingerprint density at radius 2 is 2.60 bits per heavy atom. The van der Waals surface area contributed by atoms with Gasteiger partial charge in [0.2, 0.25) is 5.91 Å². The van der Waals surface area contributed by atoms with E-state index in [2.05, 4.69) is 10.9 Å². The number of aryl methyl sites for hydroxylation is 1. The lowest BCUT2D eigenvalue weighted by Gasteiger charge is -2.13. The molecule has 2 heterocycles. The number of hydrogen-bond acceptors (Lipinski definition) is 3. The predicted octanol–water partition coefficient (Wildman–Crippen LogP) is 1.43. The molecule has 1 aromatic heterocycles. The first-order valence-corrected chi connectivity index (χ1v) is 5.72. The second-order valence-electron chi connectivity index (χ2n) is 3.72. The van der Waals surface area contributed by atoms with Gasteiger partial charge in [0.15, 0.2) is 0 Å². The Hall–Kier alpha value is -1.34. The Kier molecular flexibility index (Phi) is 2.74. The highest BCUT2D eigenvalue weighted by Gasteiger charge is 2.28. The SMILES string of the molecule is C#CC1CC(=O)N(Cc2nc(C)cs2)C1. The molecule has 0 saturated carbocycles. The van der Waals surface area contributed by atoms with E-state index in [1.807, 2.05) is 12.3 Å². The van der Waals surface area contributed by atoms with Crippen molar-refractivity contribution in [3.8, 4) is 12.3 Å². The predicted molar refractivity (Wildman–Crippen MR) is 59.2 cm³/mol. The third-order valence-corrected chi connectivity index (χ3v) is 3.39. The van der Waals surface area contributed by atoms with Crippen LogP contribution in [0.2, 0.25) is 0 Å². The number of amides is 1. The average Bonchev–Trinajstić information content (AvgIpc) is 2.75. The first kappa shape index (κ1) is 10.2. The van der Waals surface area contributed by atoms with E-state index in [1.54, 1.807) is 16.2 Å². The van der Waals surface area contributed by atoms with Crippen molar-refractivity contribution >= 4 is 17.2 Å². The van der Waals surface area contributed by atoms with Crippen molar-refractivity contribution in [1.82, 2.24) is 9.88 Å². The molecule has 0 spiro atoms. The van der Waals surface area contributed by atoms with Gasteiger partial charge in [-0.05, 0) is 6.92 Å². The lowest BCUT2D eigenvalue weighted by Crippen LogP contribution is -2.24. The van der Waals surface area contributed by atoms with Gasteiger partial charge in [-0.25, -0.2) is 4.98 Å².